The van der Waals surface area contributed by atoms with Gasteiger partial charge in [-0.25, -0.2) is 4.79 Å². The molecule has 0 aliphatic heterocycles. The predicted molar refractivity (Wildman–Crippen MR) is 486 cm³/mol. The van der Waals surface area contributed by atoms with E-state index in [4.69, 9.17) is 9.47 Å². The van der Waals surface area contributed by atoms with Crippen LogP contribution in [0.25, 0.3) is 0 Å². The minimum Gasteiger partial charge on any atom is -0.481 e. The molecule has 0 unspecified atom stereocenters. The molecular weight excluding hydrogens is 1540 g/mol. The lowest BCUT2D eigenvalue weighted by molar-refractivity contribution is -0.172. The van der Waals surface area contributed by atoms with Crippen molar-refractivity contribution in [2.75, 3.05) is 61.4 Å². The van der Waals surface area contributed by atoms with Gasteiger partial charge in [0.25, 0.3) is 0 Å². The highest BCUT2D eigenvalue weighted by atomic mass is 32.2. The Labute approximate surface area is 697 Å². The number of esters is 1. The van der Waals surface area contributed by atoms with Crippen LogP contribution in [0.3, 0.4) is 0 Å². The first-order valence-corrected chi connectivity index (χ1v) is 51.7. The summed E-state index contributed by atoms with van der Waals surface area (Å²) in [5, 5.41) is 0. The SMILES string of the molecule is CCCC[S+](CCCC)CCCC.C[S+](C)C.C[S+](C)c1ccccc1.C[S+](c1ccc(C(C)(C)C)cc1)c1ccc(C(C)(C)C)cc1.Cc1cc([S+](c2ccccc2)c2ccccc2)cc(C)c1OCC(=O)OC1C2CC3CC(C2)CC1C3.Cc1cc([S+](c2ccccc2)c2ccccc2)cc(C)c1OS(=O)(=O)C(F)(F)F. The van der Waals surface area contributed by atoms with E-state index in [9.17, 15) is 26.4 Å². The lowest BCUT2D eigenvalue weighted by atomic mass is 9.55. The molecule has 13 rings (SSSR count). The highest BCUT2D eigenvalue weighted by Gasteiger charge is 2.51. The average molecular weight is 1670 g/mol. The van der Waals surface area contributed by atoms with Gasteiger partial charge in [0.15, 0.2) is 50.7 Å². The van der Waals surface area contributed by atoms with Crippen molar-refractivity contribution in [2.24, 2.45) is 23.7 Å². The van der Waals surface area contributed by atoms with Crippen LogP contribution in [0.4, 0.5) is 13.2 Å². The minimum absolute atomic E-state index is 0.0209. The second kappa shape index (κ2) is 45.6. The van der Waals surface area contributed by atoms with Gasteiger partial charge in [0.2, 0.25) is 0 Å². The molecule has 16 heteroatoms. The third-order valence-electron chi connectivity index (χ3n) is 20.2. The first kappa shape index (κ1) is 94.0. The van der Waals surface area contributed by atoms with E-state index in [2.05, 4.69) is 270 Å². The van der Waals surface area contributed by atoms with Crippen LogP contribution in [0.2, 0.25) is 0 Å². The maximum Gasteiger partial charge on any atom is 0.534 e. The number of aryl methyl sites for hydroxylation is 4. The largest absolute Gasteiger partial charge is 0.534 e. The lowest BCUT2D eigenvalue weighted by Gasteiger charge is -2.53. The van der Waals surface area contributed by atoms with Gasteiger partial charge >= 0.3 is 21.6 Å². The van der Waals surface area contributed by atoms with E-state index in [0.29, 0.717) is 44.8 Å². The summed E-state index contributed by atoms with van der Waals surface area (Å²) in [6, 6.07) is 77.4. The summed E-state index contributed by atoms with van der Waals surface area (Å²) in [5.41, 5.74) is 0.497. The molecule has 9 aromatic carbocycles. The molecular formula is C97H129F3O6S7+6. The van der Waals surface area contributed by atoms with Crippen molar-refractivity contribution in [3.63, 3.8) is 0 Å². The molecule has 0 spiro atoms. The summed E-state index contributed by atoms with van der Waals surface area (Å²) in [6.07, 6.45) is 28.4. The number of carbonyl (C=O) groups excluding carboxylic acids is 1. The van der Waals surface area contributed by atoms with E-state index in [-0.39, 0.29) is 57.0 Å². The van der Waals surface area contributed by atoms with Crippen molar-refractivity contribution in [3.8, 4) is 11.5 Å². The summed E-state index contributed by atoms with van der Waals surface area (Å²) in [5.74, 6) is 7.70. The number of rotatable bonds is 24. The number of ether oxygens (including phenoxy) is 2. The number of hydrogen-bond donors (Lipinski definition) is 0. The third-order valence-corrected chi connectivity index (χ3v) is 31.3. The second-order valence-electron chi connectivity index (χ2n) is 32.5. The molecule has 4 saturated carbocycles. The quantitative estimate of drug-likeness (QED) is 0.0260. The second-order valence-corrected chi connectivity index (χ2v) is 47.1. The highest BCUT2D eigenvalue weighted by molar-refractivity contribution is 7.98. The molecule has 0 aromatic heterocycles. The fourth-order valence-corrected chi connectivity index (χ4v) is 24.4. The number of unbranched alkanes of at least 4 members (excludes halogenated alkanes) is 3. The Hall–Kier alpha value is -6.11. The molecule has 0 saturated heterocycles. The zero-order valence-corrected chi connectivity index (χ0v) is 76.5. The zero-order chi connectivity index (χ0) is 82.6. The van der Waals surface area contributed by atoms with Gasteiger partial charge in [-0.15, -0.1) is 0 Å². The maximum absolute atomic E-state index is 12.8. The van der Waals surface area contributed by atoms with Gasteiger partial charge in [0.1, 0.15) is 53.6 Å². The Morgan fingerprint density at radius 1 is 0.416 bits per heavy atom. The number of hydrogen-bond acceptors (Lipinski definition) is 6. The van der Waals surface area contributed by atoms with Crippen molar-refractivity contribution >= 4 is 81.5 Å². The van der Waals surface area contributed by atoms with Crippen molar-refractivity contribution in [3.05, 3.63) is 258 Å². The van der Waals surface area contributed by atoms with Gasteiger partial charge in [0, 0.05) is 35.2 Å². The van der Waals surface area contributed by atoms with Crippen molar-refractivity contribution < 1.29 is 40.0 Å². The van der Waals surface area contributed by atoms with Crippen molar-refractivity contribution in [1.82, 2.24) is 0 Å². The molecule has 0 heterocycles. The molecule has 0 amide bonds. The van der Waals surface area contributed by atoms with Gasteiger partial charge in [-0.05, 0) is 254 Å². The average Bonchev–Trinajstić information content (AvgIpc) is 0.752. The first-order chi connectivity index (χ1) is 53.6. The van der Waals surface area contributed by atoms with Crippen LogP contribution < -0.4 is 8.92 Å². The highest BCUT2D eigenvalue weighted by Crippen LogP contribution is 2.55. The molecule has 0 N–H and O–H groups in total. The van der Waals surface area contributed by atoms with Crippen LogP contribution >= 0.6 is 0 Å². The molecule has 9 aromatic rings. The molecule has 4 bridgehead atoms. The van der Waals surface area contributed by atoms with Crippen LogP contribution in [0.5, 0.6) is 11.5 Å². The minimum atomic E-state index is -5.73. The Balaban J connectivity index is 0.000000207. The third kappa shape index (κ3) is 29.5. The van der Waals surface area contributed by atoms with E-state index >= 15 is 0 Å². The molecule has 0 atom stereocenters. The Bertz CT molecular complexity index is 4150. The van der Waals surface area contributed by atoms with E-state index in [1.54, 1.807) is 12.1 Å². The van der Waals surface area contributed by atoms with Crippen LogP contribution in [0.15, 0.2) is 269 Å². The molecule has 610 valence electrons. The van der Waals surface area contributed by atoms with Crippen LogP contribution in [-0.4, -0.2) is 87.4 Å². The fourth-order valence-electron chi connectivity index (χ4n) is 14.5. The van der Waals surface area contributed by atoms with Crippen molar-refractivity contribution in [1.29, 1.82) is 0 Å². The van der Waals surface area contributed by atoms with E-state index < -0.39 is 26.5 Å². The van der Waals surface area contributed by atoms with E-state index in [0.717, 1.165) is 54.3 Å². The molecule has 0 radical (unpaired) electrons. The summed E-state index contributed by atoms with van der Waals surface area (Å²) in [6.45, 7) is 27.7. The number of carbonyl (C=O) groups is 1. The van der Waals surface area contributed by atoms with Crippen molar-refractivity contribution in [2.45, 2.75) is 227 Å². The predicted octanol–water partition coefficient (Wildman–Crippen LogP) is 25.1. The molecule has 113 heavy (non-hydrogen) atoms. The summed E-state index contributed by atoms with van der Waals surface area (Å²) in [4.78, 5) is 23.9. The maximum atomic E-state index is 12.8. The Kier molecular flexibility index (Phi) is 37.9. The van der Waals surface area contributed by atoms with E-state index in [1.165, 1.54) is 142 Å². The van der Waals surface area contributed by atoms with Gasteiger partial charge in [-0.1, -0.05) is 197 Å². The first-order valence-electron chi connectivity index (χ1n) is 40.0. The standard InChI is InChI=1S/C32H35O3S.C21H18F3O3S2.C21H29S.C12H27S.C8H11S.C3H9S/c1-21-13-29(36(27-9-5-3-6-10-27)28-11-7-4-8-12-28)14-22(2)31(21)34-20-30(33)35-32-25-16-23-15-24(18-25)19-26(32)17-23;1-15-13-19(14-16(2)20(15)27-29(25,26)21(22,23)24)28(17-9-5-3-6-10-17)18-11-7-4-8-12-18;1-20(2,3)16-8-12-18(13-9-16)22(7)19-14-10-17(11-15-19)21(4,5)6;1-4-7-10-13(11-8-5-2)12-9-6-3;1-9(2)8-6-4-3-5-7-8;1-4(2)3/h3-14,23-26,32H,15-20H2,1-2H3;3-14H,1-2H3;8-15H,1-7H3;4-12H2,1-3H3;3-7H,1-2H3;1-3H3/q6*+1. The van der Waals surface area contributed by atoms with Gasteiger partial charge in [-0.2, -0.15) is 21.6 Å². The number of benzene rings is 9. The lowest BCUT2D eigenvalue weighted by Crippen LogP contribution is -2.50. The van der Waals surface area contributed by atoms with Gasteiger partial charge in [-0.3, -0.25) is 0 Å². The molecule has 4 aliphatic rings. The van der Waals surface area contributed by atoms with E-state index in [1.807, 2.05) is 60.7 Å². The number of alkyl halides is 3. The fraction of sp³-hybridized carbons (Fsp3) is 0.433. The Morgan fingerprint density at radius 2 is 0.717 bits per heavy atom. The van der Waals surface area contributed by atoms with Crippen LogP contribution in [0, 0.1) is 51.4 Å². The Morgan fingerprint density at radius 3 is 0.991 bits per heavy atom. The summed E-state index contributed by atoms with van der Waals surface area (Å²) >= 11 is 0. The monoisotopic (exact) mass is 1670 g/mol. The van der Waals surface area contributed by atoms with Gasteiger partial charge < -0.3 is 13.7 Å². The van der Waals surface area contributed by atoms with Gasteiger partial charge in [0.05, 0.1) is 51.5 Å². The zero-order valence-electron chi connectivity index (χ0n) is 70.8. The van der Waals surface area contributed by atoms with Crippen LogP contribution in [-0.2, 0) is 95.8 Å². The molecule has 4 fully saturated rings. The molecule has 6 nitrogen and oxygen atoms in total. The topological polar surface area (TPSA) is 78.9 Å². The summed E-state index contributed by atoms with van der Waals surface area (Å²) < 4.78 is 77.6. The smallest absolute Gasteiger partial charge is 0.481 e. The summed E-state index contributed by atoms with van der Waals surface area (Å²) in [7, 11) is -4.48. The normalized spacial score (nSPS) is 16.4. The number of halogens is 3. The molecule has 4 aliphatic carbocycles. The van der Waals surface area contributed by atoms with Crippen LogP contribution in [0.1, 0.15) is 166 Å².